The van der Waals surface area contributed by atoms with E-state index in [1.807, 2.05) is 12.1 Å². The highest BCUT2D eigenvalue weighted by Crippen LogP contribution is 2.44. The number of hydrogen-bond donors (Lipinski definition) is 1. The van der Waals surface area contributed by atoms with Crippen LogP contribution < -0.4 is 5.32 Å². The van der Waals surface area contributed by atoms with Gasteiger partial charge in [-0.25, -0.2) is 0 Å². The Hall–Kier alpha value is -0.770. The Balaban J connectivity index is 1.82. The van der Waals surface area contributed by atoms with Crippen LogP contribution in [0.15, 0.2) is 18.2 Å². The number of benzene rings is 1. The number of hydrogen-bond acceptors (Lipinski definition) is 2. The topological polar surface area (TPSA) is 38.3 Å². The third-order valence-corrected chi connectivity index (χ3v) is 5.46. The van der Waals surface area contributed by atoms with Gasteiger partial charge in [0.25, 0.3) is 0 Å². The molecule has 2 fully saturated rings. The molecule has 0 unspecified atom stereocenters. The van der Waals surface area contributed by atoms with Crippen LogP contribution in [0.3, 0.4) is 0 Å². The maximum Gasteiger partial charge on any atom is 0.230 e. The maximum atomic E-state index is 12.9. The first-order chi connectivity index (χ1) is 10.5. The highest BCUT2D eigenvalue weighted by atomic mass is 35.5. The predicted octanol–water partition coefficient (Wildman–Crippen LogP) is 3.96. The molecular weight excluding hydrogens is 321 g/mol. The van der Waals surface area contributed by atoms with E-state index in [-0.39, 0.29) is 11.3 Å². The SMILES string of the molecule is CC1(CNC(=O)C2(c3ccc(Cl)cc3Cl)CCCC2)COC1. The molecule has 5 heteroatoms. The number of carbonyl (C=O) groups is 1. The molecule has 3 nitrogen and oxygen atoms in total. The molecule has 1 amide bonds. The van der Waals surface area contributed by atoms with Crippen molar-refractivity contribution in [2.75, 3.05) is 19.8 Å². The summed E-state index contributed by atoms with van der Waals surface area (Å²) in [5, 5.41) is 4.32. The fourth-order valence-electron chi connectivity index (χ4n) is 3.49. The minimum absolute atomic E-state index is 0.0687. The van der Waals surface area contributed by atoms with E-state index in [1.165, 1.54) is 0 Å². The second-order valence-corrected chi connectivity index (χ2v) is 7.74. The standard InChI is InChI=1S/C17H21Cl2NO2/c1-16(10-22-11-16)9-20-15(21)17(6-2-3-7-17)13-5-4-12(18)8-14(13)19/h4-5,8H,2-3,6-7,9-11H2,1H3,(H,20,21). The number of nitrogens with one attached hydrogen (secondary N) is 1. The minimum atomic E-state index is -0.511. The second kappa shape index (κ2) is 6.03. The Morgan fingerprint density at radius 2 is 1.95 bits per heavy atom. The van der Waals surface area contributed by atoms with Gasteiger partial charge in [0.2, 0.25) is 5.91 Å². The number of halogens is 2. The zero-order valence-electron chi connectivity index (χ0n) is 12.8. The largest absolute Gasteiger partial charge is 0.380 e. The number of rotatable bonds is 4. The van der Waals surface area contributed by atoms with Crippen LogP contribution in [0, 0.1) is 5.41 Å². The van der Waals surface area contributed by atoms with Crippen LogP contribution in [0.25, 0.3) is 0 Å². The Morgan fingerprint density at radius 3 is 2.50 bits per heavy atom. The first-order valence-electron chi connectivity index (χ1n) is 7.77. The molecule has 1 aromatic rings. The minimum Gasteiger partial charge on any atom is -0.380 e. The lowest BCUT2D eigenvalue weighted by molar-refractivity contribution is -0.131. The van der Waals surface area contributed by atoms with Crippen molar-refractivity contribution in [3.05, 3.63) is 33.8 Å². The molecule has 1 saturated carbocycles. The van der Waals surface area contributed by atoms with Gasteiger partial charge < -0.3 is 10.1 Å². The molecule has 0 atom stereocenters. The van der Waals surface area contributed by atoms with Crippen LogP contribution in [0.1, 0.15) is 38.2 Å². The van der Waals surface area contributed by atoms with Crippen LogP contribution in [0.5, 0.6) is 0 Å². The first kappa shape index (κ1) is 16.1. The summed E-state index contributed by atoms with van der Waals surface area (Å²) in [6.45, 7) is 4.20. The molecule has 1 N–H and O–H groups in total. The zero-order valence-corrected chi connectivity index (χ0v) is 14.3. The Morgan fingerprint density at radius 1 is 1.27 bits per heavy atom. The summed E-state index contributed by atoms with van der Waals surface area (Å²) in [5.41, 5.74) is 0.464. The van der Waals surface area contributed by atoms with E-state index < -0.39 is 5.41 Å². The Bertz CT molecular complexity index is 578. The molecule has 1 heterocycles. The van der Waals surface area contributed by atoms with Gasteiger partial charge in [0.15, 0.2) is 0 Å². The van der Waals surface area contributed by atoms with Gasteiger partial charge in [0.05, 0.1) is 18.6 Å². The van der Waals surface area contributed by atoms with Crippen molar-refractivity contribution < 1.29 is 9.53 Å². The lowest BCUT2D eigenvalue weighted by Gasteiger charge is -2.39. The van der Waals surface area contributed by atoms with Gasteiger partial charge >= 0.3 is 0 Å². The van der Waals surface area contributed by atoms with Crippen molar-refractivity contribution in [2.24, 2.45) is 5.41 Å². The molecule has 22 heavy (non-hydrogen) atoms. The van der Waals surface area contributed by atoms with Gasteiger partial charge in [-0.1, -0.05) is 49.0 Å². The van der Waals surface area contributed by atoms with Crippen LogP contribution in [-0.2, 0) is 14.9 Å². The maximum absolute atomic E-state index is 12.9. The molecule has 120 valence electrons. The fourth-order valence-corrected chi connectivity index (χ4v) is 4.08. The van der Waals surface area contributed by atoms with Gasteiger partial charge in [0, 0.05) is 22.0 Å². The molecule has 1 aromatic carbocycles. The Kier molecular flexibility index (Phi) is 4.41. The monoisotopic (exact) mass is 341 g/mol. The van der Waals surface area contributed by atoms with Crippen molar-refractivity contribution in [3.63, 3.8) is 0 Å². The molecule has 2 aliphatic rings. The third-order valence-electron chi connectivity index (χ3n) is 4.92. The van der Waals surface area contributed by atoms with Crippen molar-refractivity contribution in [2.45, 2.75) is 38.0 Å². The van der Waals surface area contributed by atoms with E-state index in [4.69, 9.17) is 27.9 Å². The van der Waals surface area contributed by atoms with Crippen molar-refractivity contribution >= 4 is 29.1 Å². The van der Waals surface area contributed by atoms with E-state index in [1.54, 1.807) is 6.07 Å². The quantitative estimate of drug-likeness (QED) is 0.900. The summed E-state index contributed by atoms with van der Waals surface area (Å²) < 4.78 is 5.25. The van der Waals surface area contributed by atoms with E-state index in [2.05, 4.69) is 12.2 Å². The third kappa shape index (κ3) is 2.86. The van der Waals surface area contributed by atoms with E-state index >= 15 is 0 Å². The van der Waals surface area contributed by atoms with E-state index in [9.17, 15) is 4.79 Å². The lowest BCUT2D eigenvalue weighted by atomic mass is 9.77. The van der Waals surface area contributed by atoms with Crippen molar-refractivity contribution in [1.82, 2.24) is 5.32 Å². The molecule has 1 aliphatic heterocycles. The van der Waals surface area contributed by atoms with Crippen LogP contribution in [0.4, 0.5) is 0 Å². The summed E-state index contributed by atoms with van der Waals surface area (Å²) in [7, 11) is 0. The molecule has 0 spiro atoms. The van der Waals surface area contributed by atoms with Crippen molar-refractivity contribution in [3.8, 4) is 0 Å². The van der Waals surface area contributed by atoms with Gasteiger partial charge in [-0.3, -0.25) is 4.79 Å². The van der Waals surface area contributed by atoms with Crippen LogP contribution in [0.2, 0.25) is 10.0 Å². The summed E-state index contributed by atoms with van der Waals surface area (Å²) in [4.78, 5) is 12.9. The zero-order chi connectivity index (χ0) is 15.8. The van der Waals surface area contributed by atoms with E-state index in [0.29, 0.717) is 29.8 Å². The second-order valence-electron chi connectivity index (χ2n) is 6.90. The van der Waals surface area contributed by atoms with Crippen LogP contribution >= 0.6 is 23.2 Å². The average Bonchev–Trinajstić information content (AvgIpc) is 2.93. The summed E-state index contributed by atoms with van der Waals surface area (Å²) in [5.74, 6) is 0.0855. The normalized spacial score (nSPS) is 22.1. The average molecular weight is 342 g/mol. The molecule has 1 saturated heterocycles. The fraction of sp³-hybridized carbons (Fsp3) is 0.588. The van der Waals surface area contributed by atoms with Crippen LogP contribution in [-0.4, -0.2) is 25.7 Å². The Labute approximate surface area is 141 Å². The highest BCUT2D eigenvalue weighted by molar-refractivity contribution is 6.35. The van der Waals surface area contributed by atoms with Gasteiger partial charge in [-0.15, -0.1) is 0 Å². The molecule has 0 aromatic heterocycles. The smallest absolute Gasteiger partial charge is 0.230 e. The summed E-state index contributed by atoms with van der Waals surface area (Å²) in [6, 6.07) is 5.45. The molecule has 1 aliphatic carbocycles. The number of amides is 1. The molecule has 0 bridgehead atoms. The van der Waals surface area contributed by atoms with Crippen molar-refractivity contribution in [1.29, 1.82) is 0 Å². The lowest BCUT2D eigenvalue weighted by Crippen LogP contribution is -2.52. The first-order valence-corrected chi connectivity index (χ1v) is 8.52. The van der Waals surface area contributed by atoms with Gasteiger partial charge in [-0.2, -0.15) is 0 Å². The summed E-state index contributed by atoms with van der Waals surface area (Å²) in [6.07, 6.45) is 3.78. The molecule has 0 radical (unpaired) electrons. The van der Waals surface area contributed by atoms with Gasteiger partial charge in [0.1, 0.15) is 0 Å². The number of ether oxygens (including phenoxy) is 1. The molecular formula is C17H21Cl2NO2. The van der Waals surface area contributed by atoms with Gasteiger partial charge in [-0.05, 0) is 30.5 Å². The highest BCUT2D eigenvalue weighted by Gasteiger charge is 2.45. The number of carbonyl (C=O) groups excluding carboxylic acids is 1. The van der Waals surface area contributed by atoms with E-state index in [0.717, 1.165) is 31.2 Å². The predicted molar refractivity (Wildman–Crippen MR) is 88.5 cm³/mol. The summed E-state index contributed by atoms with van der Waals surface area (Å²) >= 11 is 12.4. The molecule has 3 rings (SSSR count).